The number of carbonyl (C=O) groups excluding carboxylic acids is 1. The molecule has 5 heteroatoms. The van der Waals surface area contributed by atoms with Crippen LogP contribution >= 0.6 is 0 Å². The van der Waals surface area contributed by atoms with E-state index in [2.05, 4.69) is 6.58 Å². The Morgan fingerprint density at radius 2 is 1.43 bits per heavy atom. The maximum absolute atomic E-state index is 11.9. The zero-order valence-corrected chi connectivity index (χ0v) is 14.1. The van der Waals surface area contributed by atoms with Crippen LogP contribution in [-0.2, 0) is 23.7 Å². The van der Waals surface area contributed by atoms with Crippen LogP contribution in [0.1, 0.15) is 64.2 Å². The molecule has 0 unspecified atom stereocenters. The highest BCUT2D eigenvalue weighted by atomic mass is 16.7. The number of esters is 1. The molecule has 2 aliphatic carbocycles. The summed E-state index contributed by atoms with van der Waals surface area (Å²) in [6.45, 7) is 4.20. The van der Waals surface area contributed by atoms with Crippen LogP contribution in [0.3, 0.4) is 0 Å². The van der Waals surface area contributed by atoms with Gasteiger partial charge in [0.2, 0.25) is 0 Å². The van der Waals surface area contributed by atoms with Crippen LogP contribution in [0, 0.1) is 0 Å². The van der Waals surface area contributed by atoms with E-state index in [4.69, 9.17) is 18.9 Å². The molecule has 0 saturated heterocycles. The first-order chi connectivity index (χ1) is 11.3. The molecule has 0 radical (unpaired) electrons. The van der Waals surface area contributed by atoms with E-state index in [1.807, 2.05) is 0 Å². The van der Waals surface area contributed by atoms with E-state index in [0.29, 0.717) is 11.7 Å². The largest absolute Gasteiger partial charge is 0.459 e. The monoisotopic (exact) mass is 326 g/mol. The third-order valence-electron chi connectivity index (χ3n) is 4.50. The highest BCUT2D eigenvalue weighted by molar-refractivity contribution is 5.88. The highest BCUT2D eigenvalue weighted by Crippen LogP contribution is 2.21. The van der Waals surface area contributed by atoms with Gasteiger partial charge in [-0.25, -0.2) is 4.79 Å². The molecular formula is C18H30O5. The molecule has 0 amide bonds. The SMILES string of the molecule is C=C(COCOCOC1CCCCC1)C(=O)OC1CCCCC1. The fourth-order valence-electron chi connectivity index (χ4n) is 3.11. The molecular weight excluding hydrogens is 296 g/mol. The Balaban J connectivity index is 1.46. The highest BCUT2D eigenvalue weighted by Gasteiger charge is 2.19. The van der Waals surface area contributed by atoms with Crippen LogP contribution in [0.2, 0.25) is 0 Å². The van der Waals surface area contributed by atoms with Crippen molar-refractivity contribution in [2.75, 3.05) is 20.2 Å². The second-order valence-electron chi connectivity index (χ2n) is 6.48. The van der Waals surface area contributed by atoms with Crippen molar-refractivity contribution < 1.29 is 23.7 Å². The lowest BCUT2D eigenvalue weighted by Gasteiger charge is -2.22. The first-order valence-corrected chi connectivity index (χ1v) is 8.91. The van der Waals surface area contributed by atoms with E-state index in [9.17, 15) is 4.79 Å². The second kappa shape index (κ2) is 10.8. The van der Waals surface area contributed by atoms with Crippen LogP contribution in [0.25, 0.3) is 0 Å². The van der Waals surface area contributed by atoms with Crippen LogP contribution in [0.4, 0.5) is 0 Å². The molecule has 2 aliphatic rings. The van der Waals surface area contributed by atoms with Crippen molar-refractivity contribution >= 4 is 5.97 Å². The normalized spacial score (nSPS) is 20.3. The molecule has 0 spiro atoms. The van der Waals surface area contributed by atoms with E-state index in [1.165, 1.54) is 25.7 Å². The van der Waals surface area contributed by atoms with Crippen molar-refractivity contribution in [1.29, 1.82) is 0 Å². The van der Waals surface area contributed by atoms with Crippen LogP contribution < -0.4 is 0 Å². The molecule has 0 aliphatic heterocycles. The summed E-state index contributed by atoms with van der Waals surface area (Å²) in [5.41, 5.74) is 0.340. The Morgan fingerprint density at radius 3 is 2.09 bits per heavy atom. The Hall–Kier alpha value is -0.910. The zero-order valence-electron chi connectivity index (χ0n) is 14.1. The van der Waals surface area contributed by atoms with E-state index < -0.39 is 0 Å². The number of hydrogen-bond donors (Lipinski definition) is 0. The van der Waals surface area contributed by atoms with Gasteiger partial charge in [-0.2, -0.15) is 0 Å². The Kier molecular flexibility index (Phi) is 8.64. The fraction of sp³-hybridized carbons (Fsp3) is 0.833. The number of rotatable bonds is 9. The first kappa shape index (κ1) is 18.4. The van der Waals surface area contributed by atoms with Gasteiger partial charge >= 0.3 is 5.97 Å². The van der Waals surface area contributed by atoms with Gasteiger partial charge in [0, 0.05) is 0 Å². The molecule has 0 atom stereocenters. The average Bonchev–Trinajstić information content (AvgIpc) is 2.59. The van der Waals surface area contributed by atoms with Gasteiger partial charge in [0.1, 0.15) is 19.7 Å². The first-order valence-electron chi connectivity index (χ1n) is 8.91. The summed E-state index contributed by atoms with van der Waals surface area (Å²) in [5.74, 6) is -0.352. The van der Waals surface area contributed by atoms with Crippen molar-refractivity contribution in [3.05, 3.63) is 12.2 Å². The quantitative estimate of drug-likeness (QED) is 0.280. The standard InChI is InChI=1S/C18H30O5/c1-15(18(19)23-17-10-6-3-7-11-17)12-20-13-21-14-22-16-8-4-2-5-9-16/h16-17H,1-14H2. The molecule has 0 N–H and O–H groups in total. The third kappa shape index (κ3) is 7.46. The molecule has 2 rings (SSSR count). The molecule has 0 aromatic heterocycles. The lowest BCUT2D eigenvalue weighted by atomic mass is 9.98. The zero-order chi connectivity index (χ0) is 16.3. The van der Waals surface area contributed by atoms with Gasteiger partial charge in [-0.3, -0.25) is 0 Å². The molecule has 0 aromatic carbocycles. The van der Waals surface area contributed by atoms with Gasteiger partial charge in [-0.1, -0.05) is 32.3 Å². The van der Waals surface area contributed by atoms with Gasteiger partial charge < -0.3 is 18.9 Å². The molecule has 5 nitrogen and oxygen atoms in total. The van der Waals surface area contributed by atoms with Crippen LogP contribution in [-0.4, -0.2) is 38.4 Å². The van der Waals surface area contributed by atoms with Crippen molar-refractivity contribution in [3.8, 4) is 0 Å². The van der Waals surface area contributed by atoms with Gasteiger partial charge in [0.25, 0.3) is 0 Å². The number of hydrogen-bond acceptors (Lipinski definition) is 5. The maximum Gasteiger partial charge on any atom is 0.336 e. The lowest BCUT2D eigenvalue weighted by molar-refractivity contribution is -0.155. The van der Waals surface area contributed by atoms with Crippen molar-refractivity contribution in [2.45, 2.75) is 76.4 Å². The summed E-state index contributed by atoms with van der Waals surface area (Å²) < 4.78 is 21.6. The summed E-state index contributed by atoms with van der Waals surface area (Å²) in [6.07, 6.45) is 11.8. The fourth-order valence-corrected chi connectivity index (χ4v) is 3.11. The summed E-state index contributed by atoms with van der Waals surface area (Å²) >= 11 is 0. The van der Waals surface area contributed by atoms with Gasteiger partial charge in [-0.05, 0) is 38.5 Å². The number of carbonyl (C=O) groups is 1. The molecule has 0 aromatic rings. The molecule has 2 fully saturated rings. The predicted molar refractivity (Wildman–Crippen MR) is 86.8 cm³/mol. The predicted octanol–water partition coefficient (Wildman–Crippen LogP) is 3.72. The number of ether oxygens (including phenoxy) is 4. The van der Waals surface area contributed by atoms with Crippen molar-refractivity contribution in [3.63, 3.8) is 0 Å². The van der Waals surface area contributed by atoms with Crippen LogP contribution in [0.5, 0.6) is 0 Å². The van der Waals surface area contributed by atoms with Gasteiger partial charge in [-0.15, -0.1) is 0 Å². The molecule has 23 heavy (non-hydrogen) atoms. The van der Waals surface area contributed by atoms with Crippen LogP contribution in [0.15, 0.2) is 12.2 Å². The van der Waals surface area contributed by atoms with Crippen molar-refractivity contribution in [1.82, 2.24) is 0 Å². The Morgan fingerprint density at radius 1 is 0.826 bits per heavy atom. The minimum atomic E-state index is -0.352. The minimum Gasteiger partial charge on any atom is -0.459 e. The van der Waals surface area contributed by atoms with E-state index in [0.717, 1.165) is 38.5 Å². The molecule has 0 bridgehead atoms. The lowest BCUT2D eigenvalue weighted by Crippen LogP contribution is -2.23. The summed E-state index contributed by atoms with van der Waals surface area (Å²) in [5, 5.41) is 0. The topological polar surface area (TPSA) is 54.0 Å². The maximum atomic E-state index is 11.9. The molecule has 132 valence electrons. The van der Waals surface area contributed by atoms with Gasteiger partial charge in [0.15, 0.2) is 0 Å². The summed E-state index contributed by atoms with van der Waals surface area (Å²) in [7, 11) is 0. The Bertz CT molecular complexity index is 356. The smallest absolute Gasteiger partial charge is 0.336 e. The second-order valence-corrected chi connectivity index (χ2v) is 6.48. The van der Waals surface area contributed by atoms with Gasteiger partial charge in [0.05, 0.1) is 18.3 Å². The summed E-state index contributed by atoms with van der Waals surface area (Å²) in [6, 6.07) is 0. The minimum absolute atomic E-state index is 0.0492. The molecule has 0 heterocycles. The van der Waals surface area contributed by atoms with E-state index in [1.54, 1.807) is 0 Å². The van der Waals surface area contributed by atoms with E-state index >= 15 is 0 Å². The average molecular weight is 326 g/mol. The third-order valence-corrected chi connectivity index (χ3v) is 4.50. The summed E-state index contributed by atoms with van der Waals surface area (Å²) in [4.78, 5) is 11.9. The van der Waals surface area contributed by atoms with E-state index in [-0.39, 0.29) is 32.3 Å². The molecule has 2 saturated carbocycles. The Labute approximate surface area is 139 Å². The van der Waals surface area contributed by atoms with Crippen molar-refractivity contribution in [2.24, 2.45) is 0 Å².